The van der Waals surface area contributed by atoms with Crippen LogP contribution in [0.4, 0.5) is 19.0 Å². The second kappa shape index (κ2) is 7.73. The van der Waals surface area contributed by atoms with Gasteiger partial charge in [-0.15, -0.1) is 0 Å². The fourth-order valence-corrected chi connectivity index (χ4v) is 3.00. The van der Waals surface area contributed by atoms with Gasteiger partial charge in [-0.3, -0.25) is 4.79 Å². The highest BCUT2D eigenvalue weighted by Crippen LogP contribution is 2.44. The molecule has 10 heteroatoms. The Morgan fingerprint density at radius 3 is 2.29 bits per heavy atom. The van der Waals surface area contributed by atoms with Gasteiger partial charge >= 0.3 is 18.1 Å². The van der Waals surface area contributed by atoms with E-state index in [2.05, 4.69) is 17.6 Å². The van der Waals surface area contributed by atoms with Crippen LogP contribution in [0.1, 0.15) is 24.8 Å². The third-order valence-corrected chi connectivity index (χ3v) is 4.53. The molecule has 2 atom stereocenters. The number of halogens is 3. The minimum atomic E-state index is -5.08. The number of carboxylic acid groups (broad SMARTS) is 2. The molecule has 1 saturated carbocycles. The number of carbonyl (C=O) groups is 2. The van der Waals surface area contributed by atoms with Crippen LogP contribution in [0, 0.1) is 5.41 Å². The van der Waals surface area contributed by atoms with Crippen molar-refractivity contribution in [3.8, 4) is 0 Å². The Bertz CT molecular complexity index is 595. The average molecular weight is 366 g/mol. The fourth-order valence-electron chi connectivity index (χ4n) is 2.49. The lowest BCUT2D eigenvalue weighted by Crippen LogP contribution is -2.37. The monoisotopic (exact) mass is 366 g/mol. The Hall–Kier alpha value is -1.97. The summed E-state index contributed by atoms with van der Waals surface area (Å²) in [6.07, 6.45) is -0.496. The predicted molar refractivity (Wildman–Crippen MR) is 82.7 cm³/mol. The molecule has 24 heavy (non-hydrogen) atoms. The third-order valence-electron chi connectivity index (χ3n) is 3.77. The fraction of sp³-hybridized carbons (Fsp3) is 0.500. The maximum atomic E-state index is 11.5. The molecule has 1 aliphatic carbocycles. The first kappa shape index (κ1) is 20.1. The molecule has 0 aromatic carbocycles. The summed E-state index contributed by atoms with van der Waals surface area (Å²) in [4.78, 5) is 24.4. The number of anilines is 1. The summed E-state index contributed by atoms with van der Waals surface area (Å²) in [5.41, 5.74) is 5.67. The zero-order valence-electron chi connectivity index (χ0n) is 12.5. The highest BCUT2D eigenvalue weighted by molar-refractivity contribution is 7.81. The van der Waals surface area contributed by atoms with Crippen LogP contribution in [0.5, 0.6) is 0 Å². The standard InChI is InChI=1S/C12H16N2O2S.C2HF3O2/c13-10-4-3-8(7-14-10)6-12(11(15)16)5-1-2-9(12)17;3-2(4,5)1(6)7/h3-4,7,9,17H,1-2,5-6H2,(H2,13,14)(H,15,16);(H,6,7). The number of aromatic nitrogens is 1. The van der Waals surface area contributed by atoms with Crippen molar-refractivity contribution in [2.75, 3.05) is 5.73 Å². The number of aliphatic carboxylic acids is 2. The summed E-state index contributed by atoms with van der Waals surface area (Å²) >= 11 is 4.44. The van der Waals surface area contributed by atoms with Gasteiger partial charge in [-0.05, 0) is 30.9 Å². The van der Waals surface area contributed by atoms with E-state index in [1.165, 1.54) is 0 Å². The molecule has 1 aromatic rings. The molecule has 0 bridgehead atoms. The van der Waals surface area contributed by atoms with E-state index in [1.807, 2.05) is 6.07 Å². The molecule has 0 radical (unpaired) electrons. The van der Waals surface area contributed by atoms with Crippen LogP contribution >= 0.6 is 12.6 Å². The van der Waals surface area contributed by atoms with E-state index in [1.54, 1.807) is 12.3 Å². The minimum absolute atomic E-state index is 0.0856. The van der Waals surface area contributed by atoms with E-state index < -0.39 is 23.5 Å². The van der Waals surface area contributed by atoms with E-state index in [0.717, 1.165) is 18.4 Å². The molecule has 134 valence electrons. The highest BCUT2D eigenvalue weighted by Gasteiger charge is 2.47. The molecule has 0 saturated heterocycles. The number of nitrogens with two attached hydrogens (primary N) is 1. The predicted octanol–water partition coefficient (Wildman–Crippen LogP) is 2.39. The van der Waals surface area contributed by atoms with Crippen molar-refractivity contribution in [2.45, 2.75) is 37.1 Å². The van der Waals surface area contributed by atoms with Gasteiger partial charge in [0.2, 0.25) is 0 Å². The van der Waals surface area contributed by atoms with Gasteiger partial charge in [-0.1, -0.05) is 12.5 Å². The number of thiol groups is 1. The van der Waals surface area contributed by atoms with Crippen molar-refractivity contribution >= 4 is 30.4 Å². The van der Waals surface area contributed by atoms with Crippen LogP contribution in [0.15, 0.2) is 18.3 Å². The molecule has 1 heterocycles. The molecule has 4 N–H and O–H groups in total. The number of alkyl halides is 3. The molecule has 6 nitrogen and oxygen atoms in total. The Balaban J connectivity index is 0.000000351. The van der Waals surface area contributed by atoms with Crippen LogP contribution in [-0.2, 0) is 16.0 Å². The van der Waals surface area contributed by atoms with Gasteiger partial charge in [0.15, 0.2) is 0 Å². The molecule has 1 aromatic heterocycles. The lowest BCUT2D eigenvalue weighted by atomic mass is 9.80. The van der Waals surface area contributed by atoms with Gasteiger partial charge in [0.05, 0.1) is 5.41 Å². The van der Waals surface area contributed by atoms with Crippen LogP contribution < -0.4 is 5.73 Å². The first-order valence-corrected chi connectivity index (χ1v) is 7.42. The van der Waals surface area contributed by atoms with Crippen LogP contribution in [0.25, 0.3) is 0 Å². The normalized spacial score (nSPS) is 23.2. The van der Waals surface area contributed by atoms with Crippen molar-refractivity contribution in [1.82, 2.24) is 4.98 Å². The zero-order valence-corrected chi connectivity index (χ0v) is 13.3. The zero-order chi connectivity index (χ0) is 18.5. The third kappa shape index (κ3) is 5.02. The maximum absolute atomic E-state index is 11.5. The summed E-state index contributed by atoms with van der Waals surface area (Å²) in [7, 11) is 0. The number of nitrogen functional groups attached to an aromatic ring is 1. The molecular weight excluding hydrogens is 349 g/mol. The van der Waals surface area contributed by atoms with Gasteiger partial charge < -0.3 is 15.9 Å². The van der Waals surface area contributed by atoms with E-state index in [0.29, 0.717) is 18.7 Å². The van der Waals surface area contributed by atoms with E-state index in [4.69, 9.17) is 15.6 Å². The van der Waals surface area contributed by atoms with Gasteiger partial charge in [-0.25, -0.2) is 9.78 Å². The average Bonchev–Trinajstić information content (AvgIpc) is 2.83. The van der Waals surface area contributed by atoms with Gasteiger partial charge in [0.1, 0.15) is 5.82 Å². The van der Waals surface area contributed by atoms with Crippen molar-refractivity contribution in [1.29, 1.82) is 0 Å². The first-order valence-electron chi connectivity index (χ1n) is 6.91. The summed E-state index contributed by atoms with van der Waals surface area (Å²) in [5.74, 6) is -3.06. The second-order valence-corrected chi connectivity index (χ2v) is 6.06. The SMILES string of the molecule is Nc1ccc(CC2(C(=O)O)CCCC2S)cn1.O=C(O)C(F)(F)F. The number of pyridine rings is 1. The van der Waals surface area contributed by atoms with Crippen molar-refractivity contribution in [3.63, 3.8) is 0 Å². The number of hydrogen-bond donors (Lipinski definition) is 4. The van der Waals surface area contributed by atoms with Gasteiger partial charge in [-0.2, -0.15) is 25.8 Å². The molecule has 1 aliphatic rings. The maximum Gasteiger partial charge on any atom is 0.490 e. The lowest BCUT2D eigenvalue weighted by molar-refractivity contribution is -0.192. The molecule has 2 unspecified atom stereocenters. The highest BCUT2D eigenvalue weighted by atomic mass is 32.1. The molecule has 0 aliphatic heterocycles. The molecule has 0 spiro atoms. The number of rotatable bonds is 3. The molecule has 2 rings (SSSR count). The van der Waals surface area contributed by atoms with Crippen LogP contribution in [0.3, 0.4) is 0 Å². The molecule has 1 fully saturated rings. The second-order valence-electron chi connectivity index (χ2n) is 5.44. The Morgan fingerprint density at radius 1 is 1.38 bits per heavy atom. The summed E-state index contributed by atoms with van der Waals surface area (Å²) in [6.45, 7) is 0. The summed E-state index contributed by atoms with van der Waals surface area (Å²) in [5, 5.41) is 16.5. The largest absolute Gasteiger partial charge is 0.490 e. The number of nitrogens with zero attached hydrogens (tertiary/aromatic N) is 1. The number of carboxylic acids is 2. The van der Waals surface area contributed by atoms with Crippen molar-refractivity contribution in [2.24, 2.45) is 5.41 Å². The minimum Gasteiger partial charge on any atom is -0.481 e. The topological polar surface area (TPSA) is 114 Å². The first-order chi connectivity index (χ1) is 11.0. The van der Waals surface area contributed by atoms with E-state index in [9.17, 15) is 23.1 Å². The Labute approximate surface area is 141 Å². The Morgan fingerprint density at radius 2 is 1.96 bits per heavy atom. The van der Waals surface area contributed by atoms with E-state index in [-0.39, 0.29) is 5.25 Å². The van der Waals surface area contributed by atoms with Gasteiger partial charge in [0, 0.05) is 11.4 Å². The van der Waals surface area contributed by atoms with Crippen molar-refractivity contribution in [3.05, 3.63) is 23.9 Å². The molecular formula is C14H17F3N2O4S. The van der Waals surface area contributed by atoms with Crippen LogP contribution in [-0.4, -0.2) is 38.6 Å². The van der Waals surface area contributed by atoms with E-state index >= 15 is 0 Å². The van der Waals surface area contributed by atoms with Gasteiger partial charge in [0.25, 0.3) is 0 Å². The molecule has 0 amide bonds. The smallest absolute Gasteiger partial charge is 0.481 e. The quantitative estimate of drug-likeness (QED) is 0.611. The van der Waals surface area contributed by atoms with Crippen molar-refractivity contribution < 1.29 is 33.0 Å². The Kier molecular flexibility index (Phi) is 6.47. The summed E-state index contributed by atoms with van der Waals surface area (Å²) in [6, 6.07) is 3.54. The summed E-state index contributed by atoms with van der Waals surface area (Å²) < 4.78 is 31.7. The number of hydrogen-bond acceptors (Lipinski definition) is 5. The van der Waals surface area contributed by atoms with Crippen LogP contribution in [0.2, 0.25) is 0 Å². The lowest BCUT2D eigenvalue weighted by Gasteiger charge is -2.28.